The molecule has 0 saturated carbocycles. The lowest BCUT2D eigenvalue weighted by molar-refractivity contribution is 0.815. The van der Waals surface area contributed by atoms with E-state index in [1.54, 1.807) is 11.8 Å². The van der Waals surface area contributed by atoms with Crippen LogP contribution in [0.4, 0.5) is 5.69 Å². The number of aromatic nitrogens is 3. The molecular formula is C21H26N4S. The van der Waals surface area contributed by atoms with Crippen LogP contribution < -0.4 is 5.32 Å². The summed E-state index contributed by atoms with van der Waals surface area (Å²) in [6.45, 7) is 5.14. The fraction of sp³-hybridized carbons (Fsp3) is 0.333. The molecule has 0 bridgehead atoms. The molecule has 1 aromatic heterocycles. The predicted molar refractivity (Wildman–Crippen MR) is 110 cm³/mol. The molecule has 0 aliphatic rings. The minimum absolute atomic E-state index is 0.824. The third kappa shape index (κ3) is 4.88. The third-order valence-corrected chi connectivity index (χ3v) is 5.19. The molecule has 3 rings (SSSR count). The molecule has 0 unspecified atom stereocenters. The van der Waals surface area contributed by atoms with E-state index in [9.17, 15) is 0 Å². The summed E-state index contributed by atoms with van der Waals surface area (Å²) < 4.78 is 2.19. The molecule has 0 spiro atoms. The summed E-state index contributed by atoms with van der Waals surface area (Å²) in [4.78, 5) is 0. The third-order valence-electron chi connectivity index (χ3n) is 4.17. The van der Waals surface area contributed by atoms with Crippen molar-refractivity contribution in [1.82, 2.24) is 14.8 Å². The monoisotopic (exact) mass is 366 g/mol. The van der Waals surface area contributed by atoms with Gasteiger partial charge in [-0.2, -0.15) is 0 Å². The van der Waals surface area contributed by atoms with Gasteiger partial charge in [-0.25, -0.2) is 0 Å². The fourth-order valence-corrected chi connectivity index (χ4v) is 3.74. The lowest BCUT2D eigenvalue weighted by Gasteiger charge is -2.11. The summed E-state index contributed by atoms with van der Waals surface area (Å²) in [6, 6.07) is 18.9. The van der Waals surface area contributed by atoms with Crippen molar-refractivity contribution in [3.05, 3.63) is 66.0 Å². The second kappa shape index (κ2) is 9.43. The van der Waals surface area contributed by atoms with Gasteiger partial charge < -0.3 is 5.32 Å². The second-order valence-electron chi connectivity index (χ2n) is 6.31. The van der Waals surface area contributed by atoms with Crippen molar-refractivity contribution in [2.24, 2.45) is 0 Å². The number of unbranched alkanes of at least 4 members (excludes halogenated alkanes) is 1. The number of hydrogen-bond acceptors (Lipinski definition) is 4. The highest BCUT2D eigenvalue weighted by atomic mass is 32.2. The Hall–Kier alpha value is -2.27. The van der Waals surface area contributed by atoms with Crippen LogP contribution in [-0.2, 0) is 6.42 Å². The Kier molecular flexibility index (Phi) is 6.72. The van der Waals surface area contributed by atoms with Crippen LogP contribution in [0, 0.1) is 6.92 Å². The van der Waals surface area contributed by atoms with Crippen LogP contribution in [0.2, 0.25) is 0 Å². The zero-order chi connectivity index (χ0) is 18.2. The van der Waals surface area contributed by atoms with Gasteiger partial charge in [0.25, 0.3) is 0 Å². The van der Waals surface area contributed by atoms with Crippen LogP contribution >= 0.6 is 11.8 Å². The molecule has 0 aliphatic heterocycles. The van der Waals surface area contributed by atoms with Crippen LogP contribution in [0.25, 0.3) is 5.69 Å². The van der Waals surface area contributed by atoms with Gasteiger partial charge in [-0.1, -0.05) is 61.0 Å². The number of aryl methyl sites for hydroxylation is 1. The van der Waals surface area contributed by atoms with E-state index in [4.69, 9.17) is 0 Å². The smallest absolute Gasteiger partial charge is 0.195 e. The quantitative estimate of drug-likeness (QED) is 0.421. The van der Waals surface area contributed by atoms with Gasteiger partial charge in [0.1, 0.15) is 5.82 Å². The van der Waals surface area contributed by atoms with Crippen molar-refractivity contribution in [3.8, 4) is 5.69 Å². The molecule has 3 aromatic rings. The highest BCUT2D eigenvalue weighted by Crippen LogP contribution is 2.23. The summed E-state index contributed by atoms with van der Waals surface area (Å²) >= 11 is 1.79. The van der Waals surface area contributed by atoms with Crippen molar-refractivity contribution in [3.63, 3.8) is 0 Å². The second-order valence-corrected chi connectivity index (χ2v) is 7.38. The number of thioether (sulfide) groups is 1. The molecule has 0 atom stereocenters. The molecule has 1 N–H and O–H groups in total. The average molecular weight is 367 g/mol. The topological polar surface area (TPSA) is 42.7 Å². The Morgan fingerprint density at radius 2 is 1.77 bits per heavy atom. The summed E-state index contributed by atoms with van der Waals surface area (Å²) in [6.07, 6.45) is 3.21. The lowest BCUT2D eigenvalue weighted by atomic mass is 10.2. The van der Waals surface area contributed by atoms with E-state index >= 15 is 0 Å². The molecule has 0 aliphatic carbocycles. The van der Waals surface area contributed by atoms with Gasteiger partial charge in [-0.15, -0.1) is 10.2 Å². The summed E-state index contributed by atoms with van der Waals surface area (Å²) in [5, 5.41) is 13.4. The summed E-state index contributed by atoms with van der Waals surface area (Å²) in [5.41, 5.74) is 3.54. The first-order chi connectivity index (χ1) is 12.8. The molecule has 26 heavy (non-hydrogen) atoms. The van der Waals surface area contributed by atoms with Crippen LogP contribution in [-0.4, -0.2) is 27.1 Å². The number of nitrogens with one attached hydrogen (secondary N) is 1. The van der Waals surface area contributed by atoms with Crippen LogP contribution in [0.5, 0.6) is 0 Å². The van der Waals surface area contributed by atoms with E-state index in [1.807, 2.05) is 6.07 Å². The van der Waals surface area contributed by atoms with Crippen molar-refractivity contribution in [1.29, 1.82) is 0 Å². The Labute approximate surface area is 160 Å². The molecule has 0 radical (unpaired) electrons. The van der Waals surface area contributed by atoms with Gasteiger partial charge in [0.15, 0.2) is 5.16 Å². The number of benzene rings is 2. The van der Waals surface area contributed by atoms with Gasteiger partial charge >= 0.3 is 0 Å². The fourth-order valence-electron chi connectivity index (χ4n) is 2.69. The normalized spacial score (nSPS) is 10.8. The average Bonchev–Trinajstić information content (AvgIpc) is 3.07. The molecule has 2 aromatic carbocycles. The van der Waals surface area contributed by atoms with Gasteiger partial charge in [0, 0.05) is 30.1 Å². The Bertz CT molecular complexity index is 797. The van der Waals surface area contributed by atoms with Gasteiger partial charge in [-0.05, 0) is 37.6 Å². The largest absolute Gasteiger partial charge is 0.385 e. The first kappa shape index (κ1) is 18.5. The van der Waals surface area contributed by atoms with Crippen LogP contribution in [0.3, 0.4) is 0 Å². The molecule has 0 amide bonds. The van der Waals surface area contributed by atoms with Crippen molar-refractivity contribution in [2.45, 2.75) is 38.3 Å². The number of anilines is 1. The summed E-state index contributed by atoms with van der Waals surface area (Å²) in [5.74, 6) is 2.07. The van der Waals surface area contributed by atoms with E-state index in [1.165, 1.54) is 18.4 Å². The highest BCUT2D eigenvalue weighted by Gasteiger charge is 2.13. The maximum atomic E-state index is 4.47. The molecule has 5 heteroatoms. The molecule has 4 nitrogen and oxygen atoms in total. The molecule has 0 fully saturated rings. The maximum Gasteiger partial charge on any atom is 0.195 e. The standard InChI is InChI=1S/C21H26N4S/c1-3-4-16-26-21-24-23-20(25(21)19-8-6-5-7-9-19)14-15-22-18-12-10-17(2)11-13-18/h5-13,22H,3-4,14-16H2,1-2H3. The predicted octanol–water partition coefficient (Wildman–Crippen LogP) is 5.12. The zero-order valence-electron chi connectivity index (χ0n) is 15.5. The van der Waals surface area contributed by atoms with Crippen LogP contribution in [0.1, 0.15) is 31.2 Å². The minimum Gasteiger partial charge on any atom is -0.385 e. The Morgan fingerprint density at radius 1 is 1.00 bits per heavy atom. The molecule has 0 saturated heterocycles. The molecular weight excluding hydrogens is 340 g/mol. The SMILES string of the molecule is CCCCSc1nnc(CCNc2ccc(C)cc2)n1-c1ccccc1. The Morgan fingerprint density at radius 3 is 2.50 bits per heavy atom. The minimum atomic E-state index is 0.824. The number of rotatable bonds is 9. The number of nitrogens with zero attached hydrogens (tertiary/aromatic N) is 3. The van der Waals surface area contributed by atoms with E-state index < -0.39 is 0 Å². The number of para-hydroxylation sites is 1. The first-order valence-electron chi connectivity index (χ1n) is 9.21. The zero-order valence-corrected chi connectivity index (χ0v) is 16.3. The lowest BCUT2D eigenvalue weighted by Crippen LogP contribution is -2.10. The van der Waals surface area contributed by atoms with Crippen LogP contribution in [0.15, 0.2) is 59.8 Å². The summed E-state index contributed by atoms with van der Waals surface area (Å²) in [7, 11) is 0. The first-order valence-corrected chi connectivity index (χ1v) is 10.2. The molecule has 1 heterocycles. The number of hydrogen-bond donors (Lipinski definition) is 1. The van der Waals surface area contributed by atoms with E-state index in [0.717, 1.165) is 41.1 Å². The van der Waals surface area contributed by atoms with E-state index in [-0.39, 0.29) is 0 Å². The van der Waals surface area contributed by atoms with Crippen molar-refractivity contribution in [2.75, 3.05) is 17.6 Å². The van der Waals surface area contributed by atoms with Crippen molar-refractivity contribution < 1.29 is 0 Å². The maximum absolute atomic E-state index is 4.47. The Balaban J connectivity index is 1.72. The van der Waals surface area contributed by atoms with Gasteiger partial charge in [0.2, 0.25) is 0 Å². The highest BCUT2D eigenvalue weighted by molar-refractivity contribution is 7.99. The van der Waals surface area contributed by atoms with Gasteiger partial charge in [-0.3, -0.25) is 4.57 Å². The molecule has 136 valence electrons. The van der Waals surface area contributed by atoms with Crippen molar-refractivity contribution >= 4 is 17.4 Å². The van der Waals surface area contributed by atoms with Gasteiger partial charge in [0.05, 0.1) is 0 Å². The van der Waals surface area contributed by atoms with E-state index in [0.29, 0.717) is 0 Å². The van der Waals surface area contributed by atoms with E-state index in [2.05, 4.69) is 82.5 Å².